The first-order valence-corrected chi connectivity index (χ1v) is 4.84. The molecule has 0 atom stereocenters. The summed E-state index contributed by atoms with van der Waals surface area (Å²) in [5.74, 6) is 0. The summed E-state index contributed by atoms with van der Waals surface area (Å²) in [5.41, 5.74) is 4.34. The highest BCUT2D eigenvalue weighted by Crippen LogP contribution is 2.31. The van der Waals surface area contributed by atoms with E-state index < -0.39 is 0 Å². The van der Waals surface area contributed by atoms with Gasteiger partial charge in [-0.3, -0.25) is 15.0 Å². The van der Waals surface area contributed by atoms with Crippen LogP contribution in [0.15, 0.2) is 61.9 Å². The van der Waals surface area contributed by atoms with Crippen molar-refractivity contribution in [3.05, 3.63) is 47.0 Å². The summed E-state index contributed by atoms with van der Waals surface area (Å²) in [6.45, 7) is 0. The van der Waals surface area contributed by atoms with Crippen molar-refractivity contribution in [2.75, 3.05) is 0 Å². The van der Waals surface area contributed by atoms with Crippen molar-refractivity contribution in [3.8, 4) is 0 Å². The second kappa shape index (κ2) is 3.28. The van der Waals surface area contributed by atoms with E-state index in [9.17, 15) is 0 Å². The SMILES string of the molecule is C1=NC=C2CC3=C(C=C12)N=C/C=C\C=N3. The Morgan fingerprint density at radius 1 is 1.07 bits per heavy atom. The molecule has 2 heterocycles. The number of rotatable bonds is 0. The smallest absolute Gasteiger partial charge is 0.0854 e. The topological polar surface area (TPSA) is 37.1 Å². The fourth-order valence-electron chi connectivity index (χ4n) is 1.72. The highest BCUT2D eigenvalue weighted by molar-refractivity contribution is 5.91. The molecule has 0 saturated heterocycles. The van der Waals surface area contributed by atoms with Crippen LogP contribution in [-0.4, -0.2) is 18.6 Å². The first-order chi connectivity index (χ1) is 7.43. The maximum absolute atomic E-state index is 4.38. The molecular weight excluding hydrogens is 186 g/mol. The number of fused-ring (bicyclic) bond motifs is 1. The number of aliphatic imine (C=N–C) groups is 3. The van der Waals surface area contributed by atoms with Crippen LogP contribution in [0, 0.1) is 0 Å². The van der Waals surface area contributed by atoms with E-state index in [1.54, 1.807) is 12.4 Å². The summed E-state index contributed by atoms with van der Waals surface area (Å²) >= 11 is 0. The number of allylic oxidation sites excluding steroid dienone is 5. The molecular formula is C12H9N3. The number of hydrogen-bond acceptors (Lipinski definition) is 3. The Kier molecular flexibility index (Phi) is 1.81. The highest BCUT2D eigenvalue weighted by atomic mass is 14.8. The first-order valence-electron chi connectivity index (χ1n) is 4.84. The highest BCUT2D eigenvalue weighted by Gasteiger charge is 2.18. The van der Waals surface area contributed by atoms with Crippen molar-refractivity contribution in [1.82, 2.24) is 0 Å². The van der Waals surface area contributed by atoms with Crippen LogP contribution in [-0.2, 0) is 0 Å². The summed E-state index contributed by atoms with van der Waals surface area (Å²) in [6.07, 6.45) is 14.0. The van der Waals surface area contributed by atoms with Gasteiger partial charge in [-0.05, 0) is 23.8 Å². The van der Waals surface area contributed by atoms with Gasteiger partial charge in [0.1, 0.15) is 0 Å². The monoisotopic (exact) mass is 195 g/mol. The molecule has 2 aliphatic heterocycles. The molecule has 0 aromatic carbocycles. The summed E-state index contributed by atoms with van der Waals surface area (Å²) in [5, 5.41) is 0. The third-order valence-corrected chi connectivity index (χ3v) is 2.49. The minimum Gasteiger partial charge on any atom is -0.264 e. The molecule has 3 rings (SSSR count). The van der Waals surface area contributed by atoms with Crippen LogP contribution in [0.1, 0.15) is 6.42 Å². The average molecular weight is 195 g/mol. The van der Waals surface area contributed by atoms with E-state index in [1.165, 1.54) is 5.57 Å². The van der Waals surface area contributed by atoms with Gasteiger partial charge in [0.15, 0.2) is 0 Å². The Bertz CT molecular complexity index is 511. The van der Waals surface area contributed by atoms with Crippen LogP contribution in [0.3, 0.4) is 0 Å². The standard InChI is InChI=1S/C12H9N3/c1-2-4-15-12-6-10-8-13-7-9(10)5-11(12)14-3-1/h1-5,7-8H,6H2/b2-1-,3-1?,4-2?,14-3?,14-11?,15-4?,15-12?. The third kappa shape index (κ3) is 1.42. The van der Waals surface area contributed by atoms with Crippen molar-refractivity contribution >= 4 is 18.6 Å². The van der Waals surface area contributed by atoms with E-state index >= 15 is 0 Å². The molecule has 3 nitrogen and oxygen atoms in total. The van der Waals surface area contributed by atoms with Crippen LogP contribution in [0.5, 0.6) is 0 Å². The van der Waals surface area contributed by atoms with E-state index in [2.05, 4.69) is 15.0 Å². The van der Waals surface area contributed by atoms with Gasteiger partial charge in [0, 0.05) is 36.8 Å². The second-order valence-electron chi connectivity index (χ2n) is 3.48. The van der Waals surface area contributed by atoms with E-state index in [0.29, 0.717) is 0 Å². The summed E-state index contributed by atoms with van der Waals surface area (Å²) in [7, 11) is 0. The van der Waals surface area contributed by atoms with Crippen LogP contribution < -0.4 is 0 Å². The minimum absolute atomic E-state index is 0.822. The Morgan fingerprint density at radius 3 is 2.87 bits per heavy atom. The fraction of sp³-hybridized carbons (Fsp3) is 0.0833. The van der Waals surface area contributed by atoms with Crippen molar-refractivity contribution in [2.24, 2.45) is 15.0 Å². The molecule has 72 valence electrons. The van der Waals surface area contributed by atoms with Gasteiger partial charge < -0.3 is 0 Å². The van der Waals surface area contributed by atoms with Gasteiger partial charge in [-0.15, -0.1) is 0 Å². The predicted octanol–water partition coefficient (Wildman–Crippen LogP) is 2.21. The summed E-state index contributed by atoms with van der Waals surface area (Å²) in [4.78, 5) is 12.9. The maximum Gasteiger partial charge on any atom is 0.0854 e. The Hall–Kier alpha value is -2.03. The van der Waals surface area contributed by atoms with Crippen LogP contribution in [0.25, 0.3) is 0 Å². The van der Waals surface area contributed by atoms with Crippen molar-refractivity contribution < 1.29 is 0 Å². The summed E-state index contributed by atoms with van der Waals surface area (Å²) in [6, 6.07) is 0. The first kappa shape index (κ1) is 8.29. The molecule has 0 radical (unpaired) electrons. The van der Waals surface area contributed by atoms with E-state index in [4.69, 9.17) is 0 Å². The zero-order valence-corrected chi connectivity index (χ0v) is 8.09. The number of nitrogens with zero attached hydrogens (tertiary/aromatic N) is 3. The van der Waals surface area contributed by atoms with Gasteiger partial charge in [-0.25, -0.2) is 0 Å². The molecule has 3 heteroatoms. The molecule has 0 N–H and O–H groups in total. The Morgan fingerprint density at radius 2 is 1.93 bits per heavy atom. The second-order valence-corrected chi connectivity index (χ2v) is 3.48. The molecule has 0 bridgehead atoms. The van der Waals surface area contributed by atoms with E-state index in [-0.39, 0.29) is 0 Å². The predicted molar refractivity (Wildman–Crippen MR) is 62.4 cm³/mol. The molecule has 0 unspecified atom stereocenters. The molecule has 3 aliphatic rings. The zero-order chi connectivity index (χ0) is 10.1. The number of hydrogen-bond donors (Lipinski definition) is 0. The molecule has 0 aromatic heterocycles. The summed E-state index contributed by atoms with van der Waals surface area (Å²) < 4.78 is 0. The lowest BCUT2D eigenvalue weighted by Gasteiger charge is -2.13. The van der Waals surface area contributed by atoms with Crippen molar-refractivity contribution in [2.45, 2.75) is 6.42 Å². The van der Waals surface area contributed by atoms with Gasteiger partial charge in [0.2, 0.25) is 0 Å². The minimum atomic E-state index is 0.822. The van der Waals surface area contributed by atoms with E-state index in [1.807, 2.05) is 30.6 Å². The lowest BCUT2D eigenvalue weighted by atomic mass is 9.97. The molecule has 0 spiro atoms. The van der Waals surface area contributed by atoms with Gasteiger partial charge in [-0.2, -0.15) is 0 Å². The van der Waals surface area contributed by atoms with Gasteiger partial charge in [0.05, 0.1) is 11.4 Å². The van der Waals surface area contributed by atoms with Gasteiger partial charge >= 0.3 is 0 Å². The Balaban J connectivity index is 2.08. The van der Waals surface area contributed by atoms with Gasteiger partial charge in [0.25, 0.3) is 0 Å². The normalized spacial score (nSPS) is 24.0. The lowest BCUT2D eigenvalue weighted by Crippen LogP contribution is -2.00. The lowest BCUT2D eigenvalue weighted by molar-refractivity contribution is 1.04. The molecule has 0 amide bonds. The Labute approximate surface area is 87.7 Å². The maximum atomic E-state index is 4.38. The fourth-order valence-corrected chi connectivity index (χ4v) is 1.72. The largest absolute Gasteiger partial charge is 0.264 e. The van der Waals surface area contributed by atoms with Crippen molar-refractivity contribution in [1.29, 1.82) is 0 Å². The van der Waals surface area contributed by atoms with Crippen molar-refractivity contribution in [3.63, 3.8) is 0 Å². The average Bonchev–Trinajstić information content (AvgIpc) is 2.64. The van der Waals surface area contributed by atoms with E-state index in [0.717, 1.165) is 23.4 Å². The molecule has 1 aliphatic carbocycles. The quantitative estimate of drug-likeness (QED) is 0.568. The molecule has 15 heavy (non-hydrogen) atoms. The molecule has 0 saturated carbocycles. The van der Waals surface area contributed by atoms with Crippen LogP contribution in [0.2, 0.25) is 0 Å². The molecule has 0 aromatic rings. The van der Waals surface area contributed by atoms with Crippen LogP contribution >= 0.6 is 0 Å². The molecule has 0 fully saturated rings. The third-order valence-electron chi connectivity index (χ3n) is 2.49. The van der Waals surface area contributed by atoms with Gasteiger partial charge in [-0.1, -0.05) is 0 Å². The van der Waals surface area contributed by atoms with Crippen LogP contribution in [0.4, 0.5) is 0 Å². The zero-order valence-electron chi connectivity index (χ0n) is 8.09.